The smallest absolute Gasteiger partial charge is 0.104 e. The van der Waals surface area contributed by atoms with Crippen molar-refractivity contribution in [3.05, 3.63) is 29.0 Å². The number of aromatic amines is 1. The Morgan fingerprint density at radius 2 is 2.38 bits per heavy atom. The molecule has 2 aromatic rings. The Labute approximate surface area is 80.2 Å². The highest BCUT2D eigenvalue weighted by Crippen LogP contribution is 2.13. The first-order chi connectivity index (χ1) is 6.27. The van der Waals surface area contributed by atoms with Crippen molar-refractivity contribution in [3.63, 3.8) is 0 Å². The summed E-state index contributed by atoms with van der Waals surface area (Å²) >= 11 is 5.05. The van der Waals surface area contributed by atoms with Crippen molar-refractivity contribution in [1.82, 2.24) is 20.0 Å². The van der Waals surface area contributed by atoms with Gasteiger partial charge in [-0.2, -0.15) is 0 Å². The lowest BCUT2D eigenvalue weighted by molar-refractivity contribution is 0.719. The third-order valence-electron chi connectivity index (χ3n) is 1.76. The minimum absolute atomic E-state index is 0.801. The van der Waals surface area contributed by atoms with Crippen LogP contribution in [0.2, 0.25) is 0 Å². The van der Waals surface area contributed by atoms with E-state index < -0.39 is 0 Å². The number of rotatable bonds is 1. The molecule has 2 aromatic heterocycles. The molecule has 0 radical (unpaired) electrons. The Bertz CT molecular complexity index is 471. The van der Waals surface area contributed by atoms with Gasteiger partial charge in [0.15, 0.2) is 0 Å². The number of aryl methyl sites for hydroxylation is 1. The van der Waals surface area contributed by atoms with Crippen molar-refractivity contribution in [1.29, 1.82) is 0 Å². The molecular formula is C8H8N4S. The molecule has 0 spiro atoms. The molecule has 66 valence electrons. The molecule has 0 bridgehead atoms. The first-order valence-corrected chi connectivity index (χ1v) is 4.22. The normalized spacial score (nSPS) is 10.2. The summed E-state index contributed by atoms with van der Waals surface area (Å²) in [5.74, 6) is 0. The summed E-state index contributed by atoms with van der Waals surface area (Å²) in [6, 6.07) is 3.72. The number of hydrogen-bond donors (Lipinski definition) is 1. The van der Waals surface area contributed by atoms with E-state index in [0.717, 1.165) is 15.9 Å². The summed E-state index contributed by atoms with van der Waals surface area (Å²) < 4.78 is 2.50. The van der Waals surface area contributed by atoms with E-state index in [1.165, 1.54) is 0 Å². The van der Waals surface area contributed by atoms with E-state index in [9.17, 15) is 0 Å². The number of H-pyrrole nitrogens is 1. The Kier molecular flexibility index (Phi) is 1.94. The molecular weight excluding hydrogens is 184 g/mol. The van der Waals surface area contributed by atoms with Gasteiger partial charge in [0.05, 0.1) is 11.9 Å². The fourth-order valence-electron chi connectivity index (χ4n) is 1.13. The van der Waals surface area contributed by atoms with Crippen LogP contribution in [0.5, 0.6) is 0 Å². The van der Waals surface area contributed by atoms with Gasteiger partial charge in [0.2, 0.25) is 0 Å². The molecule has 1 N–H and O–H groups in total. The van der Waals surface area contributed by atoms with Crippen molar-refractivity contribution in [3.8, 4) is 11.4 Å². The van der Waals surface area contributed by atoms with Crippen LogP contribution >= 0.6 is 12.2 Å². The van der Waals surface area contributed by atoms with Crippen molar-refractivity contribution < 1.29 is 0 Å². The molecule has 0 aliphatic rings. The zero-order valence-electron chi connectivity index (χ0n) is 7.06. The Morgan fingerprint density at radius 3 is 3.00 bits per heavy atom. The van der Waals surface area contributed by atoms with Crippen LogP contribution in [0.3, 0.4) is 0 Å². The average Bonchev–Trinajstić information content (AvgIpc) is 2.51. The molecule has 0 amide bonds. The van der Waals surface area contributed by atoms with Gasteiger partial charge in [0.1, 0.15) is 5.69 Å². The van der Waals surface area contributed by atoms with Crippen LogP contribution in [0, 0.1) is 4.51 Å². The van der Waals surface area contributed by atoms with E-state index >= 15 is 0 Å². The molecule has 2 rings (SSSR count). The number of nitrogens with zero attached hydrogens (tertiary/aromatic N) is 3. The average molecular weight is 192 g/mol. The molecule has 0 aliphatic heterocycles. The highest BCUT2D eigenvalue weighted by atomic mass is 32.1. The van der Waals surface area contributed by atoms with Crippen LogP contribution in [0.4, 0.5) is 0 Å². The van der Waals surface area contributed by atoms with E-state index in [2.05, 4.69) is 15.3 Å². The minimum Gasteiger partial charge on any atom is -0.360 e. The van der Waals surface area contributed by atoms with Crippen LogP contribution < -0.4 is 0 Å². The molecule has 13 heavy (non-hydrogen) atoms. The maximum Gasteiger partial charge on any atom is 0.104 e. The molecule has 0 saturated carbocycles. The van der Waals surface area contributed by atoms with Gasteiger partial charge >= 0.3 is 0 Å². The van der Waals surface area contributed by atoms with Crippen molar-refractivity contribution in [2.45, 2.75) is 0 Å². The standard InChI is InChI=1S/C8H8N4S/c1-12-8(5-10-11-12)7-4-6(13)2-3-9-7/h2-5H,1H3,(H,9,13). The Hall–Kier alpha value is -1.49. The van der Waals surface area contributed by atoms with Crippen LogP contribution in [0.1, 0.15) is 0 Å². The van der Waals surface area contributed by atoms with Crippen molar-refractivity contribution in [2.75, 3.05) is 0 Å². The van der Waals surface area contributed by atoms with Gasteiger partial charge in [-0.25, -0.2) is 4.68 Å². The Morgan fingerprint density at radius 1 is 1.54 bits per heavy atom. The maximum absolute atomic E-state index is 5.05. The summed E-state index contributed by atoms with van der Waals surface area (Å²) in [4.78, 5) is 3.08. The first kappa shape index (κ1) is 8.12. The van der Waals surface area contributed by atoms with E-state index in [-0.39, 0.29) is 0 Å². The zero-order valence-corrected chi connectivity index (χ0v) is 7.88. The third-order valence-corrected chi connectivity index (χ3v) is 2.02. The van der Waals surface area contributed by atoms with Crippen LogP contribution in [0.15, 0.2) is 24.5 Å². The fourth-order valence-corrected chi connectivity index (χ4v) is 1.31. The zero-order chi connectivity index (χ0) is 9.26. The molecule has 0 aromatic carbocycles. The van der Waals surface area contributed by atoms with Gasteiger partial charge in [-0.05, 0) is 12.1 Å². The molecule has 2 heterocycles. The second-order valence-electron chi connectivity index (χ2n) is 2.68. The summed E-state index contributed by atoms with van der Waals surface area (Å²) in [6.07, 6.45) is 3.51. The number of aromatic nitrogens is 4. The molecule has 5 heteroatoms. The minimum atomic E-state index is 0.801. The molecule has 0 unspecified atom stereocenters. The van der Waals surface area contributed by atoms with E-state index in [4.69, 9.17) is 12.2 Å². The second kappa shape index (κ2) is 3.10. The van der Waals surface area contributed by atoms with Crippen LogP contribution in [-0.4, -0.2) is 20.0 Å². The topological polar surface area (TPSA) is 46.5 Å². The second-order valence-corrected chi connectivity index (χ2v) is 3.15. The quantitative estimate of drug-likeness (QED) is 0.697. The number of pyridine rings is 1. The van der Waals surface area contributed by atoms with Gasteiger partial charge in [-0.1, -0.05) is 17.4 Å². The lowest BCUT2D eigenvalue weighted by atomic mass is 10.3. The fraction of sp³-hybridized carbons (Fsp3) is 0.125. The lowest BCUT2D eigenvalue weighted by Crippen LogP contribution is -1.94. The predicted molar refractivity (Wildman–Crippen MR) is 51.6 cm³/mol. The highest BCUT2D eigenvalue weighted by Gasteiger charge is 2.02. The first-order valence-electron chi connectivity index (χ1n) is 3.81. The summed E-state index contributed by atoms with van der Waals surface area (Å²) in [5, 5.41) is 7.62. The van der Waals surface area contributed by atoms with Gasteiger partial charge in [0.25, 0.3) is 0 Å². The monoisotopic (exact) mass is 192 g/mol. The predicted octanol–water partition coefficient (Wildman–Crippen LogP) is 1.54. The molecule has 0 atom stereocenters. The molecule has 4 nitrogen and oxygen atoms in total. The van der Waals surface area contributed by atoms with Crippen molar-refractivity contribution in [2.24, 2.45) is 7.05 Å². The highest BCUT2D eigenvalue weighted by molar-refractivity contribution is 7.71. The van der Waals surface area contributed by atoms with Gasteiger partial charge in [-0.15, -0.1) is 5.10 Å². The van der Waals surface area contributed by atoms with Gasteiger partial charge in [-0.3, -0.25) is 0 Å². The van der Waals surface area contributed by atoms with Gasteiger partial charge < -0.3 is 4.98 Å². The van der Waals surface area contributed by atoms with Gasteiger partial charge in [0, 0.05) is 17.8 Å². The largest absolute Gasteiger partial charge is 0.360 e. The van der Waals surface area contributed by atoms with E-state index in [1.807, 2.05) is 25.4 Å². The Balaban J connectivity index is 2.59. The SMILES string of the molecule is Cn1nncc1-c1cc(=S)cc[nH]1. The number of hydrogen-bond acceptors (Lipinski definition) is 3. The summed E-state index contributed by atoms with van der Waals surface area (Å²) in [7, 11) is 1.84. The molecule has 0 saturated heterocycles. The number of nitrogens with one attached hydrogen (secondary N) is 1. The third kappa shape index (κ3) is 1.50. The van der Waals surface area contributed by atoms with E-state index in [1.54, 1.807) is 10.9 Å². The molecule has 0 aliphatic carbocycles. The van der Waals surface area contributed by atoms with Crippen molar-refractivity contribution >= 4 is 12.2 Å². The van der Waals surface area contributed by atoms with E-state index in [0.29, 0.717) is 0 Å². The lowest BCUT2D eigenvalue weighted by Gasteiger charge is -1.99. The maximum atomic E-state index is 5.05. The molecule has 0 fully saturated rings. The summed E-state index contributed by atoms with van der Waals surface area (Å²) in [5.41, 5.74) is 1.85. The van der Waals surface area contributed by atoms with Crippen LogP contribution in [-0.2, 0) is 7.05 Å². The van der Waals surface area contributed by atoms with Crippen LogP contribution in [0.25, 0.3) is 11.4 Å². The summed E-state index contributed by atoms with van der Waals surface area (Å²) in [6.45, 7) is 0.